The van der Waals surface area contributed by atoms with Gasteiger partial charge >= 0.3 is 0 Å². The minimum Gasteiger partial charge on any atom is -0.473 e. The van der Waals surface area contributed by atoms with E-state index in [9.17, 15) is 8.42 Å². The Kier molecular flexibility index (Phi) is 3.87. The number of nitrogens with two attached hydrogens (primary N) is 1. The van der Waals surface area contributed by atoms with Crippen molar-refractivity contribution in [1.82, 2.24) is 4.98 Å². The van der Waals surface area contributed by atoms with E-state index in [0.717, 1.165) is 25.7 Å². The molecule has 6 heteroatoms. The smallest absolute Gasteiger partial charge is 0.243 e. The molecule has 0 saturated heterocycles. The van der Waals surface area contributed by atoms with Gasteiger partial charge in [0.1, 0.15) is 11.0 Å². The average molecular weight is 270 g/mol. The van der Waals surface area contributed by atoms with Crippen LogP contribution >= 0.6 is 0 Å². The molecule has 1 aromatic rings. The van der Waals surface area contributed by atoms with Crippen molar-refractivity contribution in [3.8, 4) is 5.88 Å². The van der Waals surface area contributed by atoms with Crippen LogP contribution in [0.25, 0.3) is 0 Å². The molecular weight excluding hydrogens is 252 g/mol. The summed E-state index contributed by atoms with van der Waals surface area (Å²) in [6, 6.07) is 2.96. The van der Waals surface area contributed by atoms with E-state index >= 15 is 0 Å². The summed E-state index contributed by atoms with van der Waals surface area (Å²) in [6.45, 7) is 2.22. The first-order valence-electron chi connectivity index (χ1n) is 6.11. The molecule has 2 N–H and O–H groups in total. The summed E-state index contributed by atoms with van der Waals surface area (Å²) in [4.78, 5) is 3.94. The summed E-state index contributed by atoms with van der Waals surface area (Å²) in [7, 11) is -3.78. The van der Waals surface area contributed by atoms with Crippen LogP contribution in [0.15, 0.2) is 23.2 Å². The summed E-state index contributed by atoms with van der Waals surface area (Å²) in [5, 5.41) is 5.14. The van der Waals surface area contributed by atoms with Crippen LogP contribution in [-0.4, -0.2) is 19.5 Å². The van der Waals surface area contributed by atoms with Crippen molar-refractivity contribution in [2.45, 2.75) is 43.6 Å². The highest BCUT2D eigenvalue weighted by molar-refractivity contribution is 7.89. The van der Waals surface area contributed by atoms with Crippen LogP contribution in [-0.2, 0) is 10.0 Å². The molecule has 0 bridgehead atoms. The largest absolute Gasteiger partial charge is 0.473 e. The van der Waals surface area contributed by atoms with Gasteiger partial charge in [0.05, 0.1) is 0 Å². The van der Waals surface area contributed by atoms with Crippen LogP contribution in [0.5, 0.6) is 5.88 Å². The lowest BCUT2D eigenvalue weighted by Gasteiger charge is -2.26. The predicted octanol–water partition coefficient (Wildman–Crippen LogP) is 1.69. The Balaban J connectivity index is 2.15. The summed E-state index contributed by atoms with van der Waals surface area (Å²) < 4.78 is 28.5. The lowest BCUT2D eigenvalue weighted by molar-refractivity contribution is 0.126. The van der Waals surface area contributed by atoms with Gasteiger partial charge in [0.2, 0.25) is 15.9 Å². The van der Waals surface area contributed by atoms with Crippen molar-refractivity contribution in [3.05, 3.63) is 18.3 Å². The van der Waals surface area contributed by atoms with Gasteiger partial charge in [0, 0.05) is 6.20 Å². The molecule has 0 radical (unpaired) electrons. The van der Waals surface area contributed by atoms with Crippen LogP contribution in [0.4, 0.5) is 0 Å². The van der Waals surface area contributed by atoms with E-state index in [-0.39, 0.29) is 16.9 Å². The van der Waals surface area contributed by atoms with Gasteiger partial charge in [-0.1, -0.05) is 6.92 Å². The van der Waals surface area contributed by atoms with E-state index in [2.05, 4.69) is 11.9 Å². The average Bonchev–Trinajstić information content (AvgIpc) is 2.31. The number of aromatic nitrogens is 1. The zero-order valence-corrected chi connectivity index (χ0v) is 11.2. The minimum absolute atomic E-state index is 0.0383. The third kappa shape index (κ3) is 3.20. The monoisotopic (exact) mass is 270 g/mol. The van der Waals surface area contributed by atoms with Gasteiger partial charge in [-0.05, 0) is 43.7 Å². The summed E-state index contributed by atoms with van der Waals surface area (Å²) in [5.41, 5.74) is 0. The fourth-order valence-corrected chi connectivity index (χ4v) is 2.80. The quantitative estimate of drug-likeness (QED) is 0.906. The molecule has 2 rings (SSSR count). The van der Waals surface area contributed by atoms with Gasteiger partial charge in [-0.25, -0.2) is 18.5 Å². The molecular formula is C12H18N2O3S. The van der Waals surface area contributed by atoms with Gasteiger partial charge < -0.3 is 4.74 Å². The van der Waals surface area contributed by atoms with E-state index in [1.54, 1.807) is 0 Å². The predicted molar refractivity (Wildman–Crippen MR) is 67.7 cm³/mol. The number of hydrogen-bond acceptors (Lipinski definition) is 4. The number of nitrogens with zero attached hydrogens (tertiary/aromatic N) is 1. The molecule has 5 nitrogen and oxygen atoms in total. The van der Waals surface area contributed by atoms with Crippen molar-refractivity contribution < 1.29 is 13.2 Å². The molecule has 0 unspecified atom stereocenters. The standard InChI is InChI=1S/C12H18N2O3S/c1-9-4-6-10(7-5-9)17-12-11(18(13,15)16)3-2-8-14-12/h2-3,8-10H,4-7H2,1H3,(H2,13,15,16). The summed E-state index contributed by atoms with van der Waals surface area (Å²) >= 11 is 0. The minimum atomic E-state index is -3.78. The van der Waals surface area contributed by atoms with Crippen molar-refractivity contribution in [2.75, 3.05) is 0 Å². The number of rotatable bonds is 3. The SMILES string of the molecule is CC1CCC(Oc2ncccc2S(N)(=O)=O)CC1. The zero-order valence-electron chi connectivity index (χ0n) is 10.4. The number of primary sulfonamides is 1. The Labute approximate surface area is 107 Å². The molecule has 1 saturated carbocycles. The van der Waals surface area contributed by atoms with Crippen molar-refractivity contribution in [3.63, 3.8) is 0 Å². The highest BCUT2D eigenvalue weighted by atomic mass is 32.2. The van der Waals surface area contributed by atoms with Crippen LogP contribution in [0.2, 0.25) is 0 Å². The Morgan fingerprint density at radius 2 is 2.00 bits per heavy atom. The fourth-order valence-electron chi connectivity index (χ4n) is 2.19. The molecule has 0 atom stereocenters. The highest BCUT2D eigenvalue weighted by Crippen LogP contribution is 2.28. The normalized spacial score (nSPS) is 24.8. The maximum absolute atomic E-state index is 11.4. The van der Waals surface area contributed by atoms with Gasteiger partial charge in [-0.3, -0.25) is 0 Å². The second-order valence-electron chi connectivity index (χ2n) is 4.85. The van der Waals surface area contributed by atoms with Crippen molar-refractivity contribution in [1.29, 1.82) is 0 Å². The second-order valence-corrected chi connectivity index (χ2v) is 6.38. The fraction of sp³-hybridized carbons (Fsp3) is 0.583. The van der Waals surface area contributed by atoms with Crippen molar-refractivity contribution in [2.24, 2.45) is 11.1 Å². The first kappa shape index (κ1) is 13.3. The third-order valence-electron chi connectivity index (χ3n) is 3.28. The summed E-state index contributed by atoms with van der Waals surface area (Å²) in [6.07, 6.45) is 5.61. The van der Waals surface area contributed by atoms with Crippen molar-refractivity contribution >= 4 is 10.0 Å². The van der Waals surface area contributed by atoms with Crippen LogP contribution in [0.1, 0.15) is 32.6 Å². The molecule has 1 aliphatic rings. The zero-order chi connectivity index (χ0) is 13.2. The van der Waals surface area contributed by atoms with E-state index in [1.165, 1.54) is 18.3 Å². The molecule has 100 valence electrons. The topological polar surface area (TPSA) is 82.3 Å². The lowest BCUT2D eigenvalue weighted by atomic mass is 9.89. The highest BCUT2D eigenvalue weighted by Gasteiger charge is 2.23. The van der Waals surface area contributed by atoms with E-state index < -0.39 is 10.0 Å². The van der Waals surface area contributed by atoms with Crippen LogP contribution < -0.4 is 9.88 Å². The van der Waals surface area contributed by atoms with Crippen LogP contribution in [0.3, 0.4) is 0 Å². The number of hydrogen-bond donors (Lipinski definition) is 1. The molecule has 0 spiro atoms. The lowest BCUT2D eigenvalue weighted by Crippen LogP contribution is -2.25. The van der Waals surface area contributed by atoms with Crippen LogP contribution in [0, 0.1) is 5.92 Å². The Morgan fingerprint density at radius 1 is 1.33 bits per heavy atom. The van der Waals surface area contributed by atoms with Gasteiger partial charge in [0.25, 0.3) is 0 Å². The molecule has 0 aromatic carbocycles. The Bertz CT molecular complexity index is 508. The van der Waals surface area contributed by atoms with Gasteiger partial charge in [-0.2, -0.15) is 0 Å². The molecule has 18 heavy (non-hydrogen) atoms. The molecule has 1 heterocycles. The van der Waals surface area contributed by atoms with E-state index in [4.69, 9.17) is 9.88 Å². The summed E-state index contributed by atoms with van der Waals surface area (Å²) in [5.74, 6) is 0.839. The van der Waals surface area contributed by atoms with E-state index in [1.807, 2.05) is 0 Å². The maximum atomic E-state index is 11.4. The van der Waals surface area contributed by atoms with Gasteiger partial charge in [0.15, 0.2) is 0 Å². The molecule has 1 aliphatic carbocycles. The van der Waals surface area contributed by atoms with E-state index in [0.29, 0.717) is 5.92 Å². The number of ether oxygens (including phenoxy) is 1. The maximum Gasteiger partial charge on any atom is 0.243 e. The molecule has 0 amide bonds. The van der Waals surface area contributed by atoms with Gasteiger partial charge in [-0.15, -0.1) is 0 Å². The number of sulfonamides is 1. The molecule has 1 fully saturated rings. The first-order valence-corrected chi connectivity index (χ1v) is 7.66. The second kappa shape index (κ2) is 5.24. The molecule has 1 aromatic heterocycles. The Morgan fingerprint density at radius 3 is 2.61 bits per heavy atom. The first-order chi connectivity index (χ1) is 8.47. The third-order valence-corrected chi connectivity index (χ3v) is 4.21. The Hall–Kier alpha value is -1.14. The number of pyridine rings is 1. The molecule has 0 aliphatic heterocycles.